The molecule has 0 aromatic rings. The number of rotatable bonds is 6. The largest absolute Gasteiger partial charge is 0.316 e. The molecular weight excluding hydrogens is 226 g/mol. The van der Waals surface area contributed by atoms with E-state index in [9.17, 15) is 8.42 Å². The molecule has 0 amide bonds. The average Bonchev–Trinajstić information content (AvgIpc) is 2.30. The van der Waals surface area contributed by atoms with Crippen molar-refractivity contribution in [2.24, 2.45) is 5.92 Å². The minimum Gasteiger partial charge on any atom is -0.316 e. The zero-order chi connectivity index (χ0) is 12.0. The van der Waals surface area contributed by atoms with E-state index >= 15 is 0 Å². The van der Waals surface area contributed by atoms with Gasteiger partial charge in [0.15, 0.2) is 0 Å². The summed E-state index contributed by atoms with van der Waals surface area (Å²) in [5.74, 6) is 0.448. The van der Waals surface area contributed by atoms with Gasteiger partial charge in [0, 0.05) is 20.1 Å². The first-order valence-corrected chi connectivity index (χ1v) is 7.43. The summed E-state index contributed by atoms with van der Waals surface area (Å²) < 4.78 is 27.2. The number of hydrogen-bond acceptors (Lipinski definition) is 3. The van der Waals surface area contributed by atoms with Gasteiger partial charge in [0.05, 0.1) is 0 Å². The lowest BCUT2D eigenvalue weighted by Gasteiger charge is -2.31. The Balaban J connectivity index is 2.41. The van der Waals surface area contributed by atoms with Gasteiger partial charge in [-0.1, -0.05) is 6.92 Å². The van der Waals surface area contributed by atoms with Crippen molar-refractivity contribution in [1.82, 2.24) is 14.3 Å². The first-order valence-electron chi connectivity index (χ1n) is 5.99. The molecule has 0 aliphatic carbocycles. The Hall–Kier alpha value is -0.170. The molecule has 0 saturated carbocycles. The summed E-state index contributed by atoms with van der Waals surface area (Å²) >= 11 is 0. The quantitative estimate of drug-likeness (QED) is 0.659. The van der Waals surface area contributed by atoms with E-state index in [1.165, 1.54) is 7.05 Å². The molecule has 1 fully saturated rings. The van der Waals surface area contributed by atoms with Crippen molar-refractivity contribution in [1.29, 1.82) is 0 Å². The summed E-state index contributed by atoms with van der Waals surface area (Å²) in [6.07, 6.45) is 3.19. The van der Waals surface area contributed by atoms with Crippen LogP contribution in [0.15, 0.2) is 0 Å². The zero-order valence-electron chi connectivity index (χ0n) is 10.2. The maximum absolute atomic E-state index is 11.6. The maximum atomic E-state index is 11.6. The lowest BCUT2D eigenvalue weighted by atomic mass is 10.00. The summed E-state index contributed by atoms with van der Waals surface area (Å²) in [4.78, 5) is 0. The van der Waals surface area contributed by atoms with Crippen LogP contribution in [0.3, 0.4) is 0 Å². The minimum absolute atomic E-state index is 0.448. The third-order valence-corrected chi connectivity index (χ3v) is 4.47. The van der Waals surface area contributed by atoms with Crippen LogP contribution in [0.2, 0.25) is 0 Å². The van der Waals surface area contributed by atoms with Gasteiger partial charge in [-0.15, -0.1) is 0 Å². The van der Waals surface area contributed by atoms with Crippen LogP contribution in [-0.4, -0.2) is 45.9 Å². The van der Waals surface area contributed by atoms with Crippen molar-refractivity contribution in [3.05, 3.63) is 0 Å². The summed E-state index contributed by atoms with van der Waals surface area (Å²) in [6.45, 7) is 5.35. The van der Waals surface area contributed by atoms with Gasteiger partial charge in [0.1, 0.15) is 0 Å². The highest BCUT2D eigenvalue weighted by atomic mass is 32.2. The van der Waals surface area contributed by atoms with E-state index in [0.29, 0.717) is 19.0 Å². The van der Waals surface area contributed by atoms with Crippen LogP contribution in [-0.2, 0) is 10.2 Å². The lowest BCUT2D eigenvalue weighted by molar-refractivity contribution is 0.258. The molecule has 1 aliphatic rings. The number of nitrogens with one attached hydrogen (secondary N) is 2. The minimum atomic E-state index is -3.23. The molecule has 1 atom stereocenters. The van der Waals surface area contributed by atoms with Crippen molar-refractivity contribution < 1.29 is 8.42 Å². The van der Waals surface area contributed by atoms with E-state index in [1.54, 1.807) is 4.31 Å². The van der Waals surface area contributed by atoms with Crippen molar-refractivity contribution in [3.63, 3.8) is 0 Å². The maximum Gasteiger partial charge on any atom is 0.279 e. The molecular formula is C10H23N3O2S. The van der Waals surface area contributed by atoms with Crippen LogP contribution < -0.4 is 10.0 Å². The highest BCUT2D eigenvalue weighted by Gasteiger charge is 2.27. The second kappa shape index (κ2) is 6.54. The fourth-order valence-corrected chi connectivity index (χ4v) is 3.06. The molecule has 0 aromatic carbocycles. The molecule has 0 aromatic heterocycles. The topological polar surface area (TPSA) is 61.4 Å². The predicted octanol–water partition coefficient (Wildman–Crippen LogP) is 0.162. The number of piperidine rings is 1. The van der Waals surface area contributed by atoms with E-state index in [1.807, 2.05) is 0 Å². The smallest absolute Gasteiger partial charge is 0.279 e. The van der Waals surface area contributed by atoms with Crippen LogP contribution in [0, 0.1) is 5.92 Å². The van der Waals surface area contributed by atoms with E-state index in [4.69, 9.17) is 0 Å². The molecule has 5 nitrogen and oxygen atoms in total. The second-order valence-corrected chi connectivity index (χ2v) is 6.15. The van der Waals surface area contributed by atoms with Crippen LogP contribution in [0.1, 0.15) is 26.2 Å². The highest BCUT2D eigenvalue weighted by molar-refractivity contribution is 7.87. The molecule has 1 rings (SSSR count). The molecule has 0 spiro atoms. The molecule has 1 heterocycles. The number of hydrogen-bond donors (Lipinski definition) is 2. The average molecular weight is 249 g/mol. The fraction of sp³-hybridized carbons (Fsp3) is 1.00. The fourth-order valence-electron chi connectivity index (χ4n) is 2.02. The molecule has 1 unspecified atom stereocenters. The lowest BCUT2D eigenvalue weighted by Crippen LogP contribution is -2.46. The summed E-state index contributed by atoms with van der Waals surface area (Å²) in [5.41, 5.74) is 0. The molecule has 1 aliphatic heterocycles. The van der Waals surface area contributed by atoms with Crippen LogP contribution in [0.4, 0.5) is 0 Å². The standard InChI is InChI=1S/C10H23N3O2S/c1-3-6-12-8-10-5-4-7-13(9-10)16(14,15)11-2/h10-12H,3-9H2,1-2H3. The molecule has 2 N–H and O–H groups in total. The molecule has 0 radical (unpaired) electrons. The normalized spacial score (nSPS) is 23.5. The summed E-state index contributed by atoms with van der Waals surface area (Å²) in [7, 11) is -1.76. The Morgan fingerprint density at radius 2 is 2.19 bits per heavy atom. The van der Waals surface area contributed by atoms with Gasteiger partial charge in [-0.3, -0.25) is 0 Å². The van der Waals surface area contributed by atoms with Gasteiger partial charge in [-0.2, -0.15) is 12.7 Å². The Bertz CT molecular complexity index is 292. The van der Waals surface area contributed by atoms with E-state index < -0.39 is 10.2 Å². The van der Waals surface area contributed by atoms with Gasteiger partial charge in [-0.05, 0) is 38.3 Å². The van der Waals surface area contributed by atoms with E-state index in [0.717, 1.165) is 32.4 Å². The van der Waals surface area contributed by atoms with E-state index in [2.05, 4.69) is 17.0 Å². The SMILES string of the molecule is CCCNCC1CCCN(S(=O)(=O)NC)C1. The Morgan fingerprint density at radius 1 is 1.44 bits per heavy atom. The Kier molecular flexibility index (Phi) is 5.68. The predicted molar refractivity (Wildman–Crippen MR) is 65.4 cm³/mol. The first kappa shape index (κ1) is 13.9. The van der Waals surface area contributed by atoms with Crippen molar-refractivity contribution in [2.45, 2.75) is 26.2 Å². The van der Waals surface area contributed by atoms with Gasteiger partial charge >= 0.3 is 0 Å². The summed E-state index contributed by atoms with van der Waals surface area (Å²) in [5, 5.41) is 3.35. The third kappa shape index (κ3) is 4.01. The Morgan fingerprint density at radius 3 is 2.81 bits per heavy atom. The van der Waals surface area contributed by atoms with Crippen molar-refractivity contribution >= 4 is 10.2 Å². The van der Waals surface area contributed by atoms with Crippen molar-refractivity contribution in [3.8, 4) is 0 Å². The van der Waals surface area contributed by atoms with Gasteiger partial charge in [0.25, 0.3) is 10.2 Å². The van der Waals surface area contributed by atoms with Crippen LogP contribution in [0.25, 0.3) is 0 Å². The monoisotopic (exact) mass is 249 g/mol. The highest BCUT2D eigenvalue weighted by Crippen LogP contribution is 2.17. The zero-order valence-corrected chi connectivity index (χ0v) is 11.0. The van der Waals surface area contributed by atoms with Gasteiger partial charge in [0.2, 0.25) is 0 Å². The molecule has 16 heavy (non-hydrogen) atoms. The number of nitrogens with zero attached hydrogens (tertiary/aromatic N) is 1. The molecule has 6 heteroatoms. The summed E-state index contributed by atoms with van der Waals surface area (Å²) in [6, 6.07) is 0. The molecule has 1 saturated heterocycles. The van der Waals surface area contributed by atoms with Gasteiger partial charge in [-0.25, -0.2) is 4.72 Å². The third-order valence-electron chi connectivity index (χ3n) is 2.94. The van der Waals surface area contributed by atoms with Gasteiger partial charge < -0.3 is 5.32 Å². The molecule has 96 valence electrons. The molecule has 0 bridgehead atoms. The van der Waals surface area contributed by atoms with Crippen molar-refractivity contribution in [2.75, 3.05) is 33.2 Å². The van der Waals surface area contributed by atoms with Crippen LogP contribution >= 0.6 is 0 Å². The van der Waals surface area contributed by atoms with Crippen LogP contribution in [0.5, 0.6) is 0 Å². The second-order valence-electron chi connectivity index (χ2n) is 4.28. The van der Waals surface area contributed by atoms with E-state index in [-0.39, 0.29) is 0 Å². The Labute approximate surface area is 98.8 Å². The first-order chi connectivity index (χ1) is 7.60.